The summed E-state index contributed by atoms with van der Waals surface area (Å²) in [5.74, 6) is -0.0255. The topological polar surface area (TPSA) is 37.3 Å². The van der Waals surface area contributed by atoms with Gasteiger partial charge in [-0.05, 0) is 18.2 Å². The van der Waals surface area contributed by atoms with Crippen molar-refractivity contribution >= 4 is 18.9 Å². The fraction of sp³-hybridized carbons (Fsp3) is 0. The fourth-order valence-corrected chi connectivity index (χ4v) is 0.829. The lowest BCUT2D eigenvalue weighted by molar-refractivity contribution is 0.112. The van der Waals surface area contributed by atoms with Gasteiger partial charge in [0.1, 0.15) is 5.75 Å². The zero-order valence-corrected chi connectivity index (χ0v) is 6.01. The monoisotopic (exact) mass is 154 g/mol. The van der Waals surface area contributed by atoms with Gasteiger partial charge in [0.2, 0.25) is 0 Å². The minimum atomic E-state index is -0.0255. The van der Waals surface area contributed by atoms with E-state index in [1.807, 2.05) is 0 Å². The van der Waals surface area contributed by atoms with Gasteiger partial charge < -0.3 is 5.11 Å². The summed E-state index contributed by atoms with van der Waals surface area (Å²) in [5.41, 5.74) is 0.290. The molecule has 0 aliphatic rings. The lowest BCUT2D eigenvalue weighted by atomic mass is 10.2. The van der Waals surface area contributed by atoms with Gasteiger partial charge in [-0.1, -0.05) is 0 Å². The van der Waals surface area contributed by atoms with E-state index in [9.17, 15) is 4.79 Å². The van der Waals surface area contributed by atoms with Crippen LogP contribution in [0, 0.1) is 0 Å². The van der Waals surface area contributed by atoms with E-state index < -0.39 is 0 Å². The van der Waals surface area contributed by atoms with Crippen molar-refractivity contribution in [1.82, 2.24) is 0 Å². The van der Waals surface area contributed by atoms with Gasteiger partial charge in [-0.3, -0.25) is 4.79 Å². The number of aldehydes is 1. The van der Waals surface area contributed by atoms with E-state index in [1.165, 1.54) is 12.1 Å². The molecule has 0 aliphatic heterocycles. The number of phenols is 1. The number of phenolic OH excluding ortho intramolecular Hbond substituents is 1. The summed E-state index contributed by atoms with van der Waals surface area (Å²) in [6.07, 6.45) is 0.600. The maximum absolute atomic E-state index is 10.2. The van der Waals surface area contributed by atoms with Gasteiger partial charge in [-0.25, -0.2) is 0 Å². The number of carbonyl (C=O) groups is 1. The molecule has 1 N–H and O–H groups in total. The molecular formula is C7H6O2S. The van der Waals surface area contributed by atoms with Crippen LogP contribution in [0.2, 0.25) is 0 Å². The van der Waals surface area contributed by atoms with Gasteiger partial charge in [0.05, 0.1) is 5.56 Å². The molecule has 10 heavy (non-hydrogen) atoms. The van der Waals surface area contributed by atoms with Crippen molar-refractivity contribution in [2.45, 2.75) is 4.90 Å². The van der Waals surface area contributed by atoms with Gasteiger partial charge in [-0.2, -0.15) is 0 Å². The van der Waals surface area contributed by atoms with Crippen molar-refractivity contribution in [2.75, 3.05) is 0 Å². The molecule has 1 aromatic rings. The first kappa shape index (κ1) is 7.15. The molecule has 0 fully saturated rings. The maximum Gasteiger partial charge on any atom is 0.153 e. The van der Waals surface area contributed by atoms with Gasteiger partial charge in [0.15, 0.2) is 6.29 Å². The Bertz CT molecular complexity index is 258. The van der Waals surface area contributed by atoms with E-state index >= 15 is 0 Å². The number of rotatable bonds is 1. The van der Waals surface area contributed by atoms with Gasteiger partial charge >= 0.3 is 0 Å². The summed E-state index contributed by atoms with van der Waals surface area (Å²) in [7, 11) is 0. The molecule has 0 heterocycles. The summed E-state index contributed by atoms with van der Waals surface area (Å²) in [6.45, 7) is 0. The Morgan fingerprint density at radius 3 is 2.70 bits per heavy atom. The third kappa shape index (κ3) is 1.30. The SMILES string of the molecule is O=Cc1ccc(S)cc1O. The van der Waals surface area contributed by atoms with Crippen LogP contribution in [-0.2, 0) is 0 Å². The smallest absolute Gasteiger partial charge is 0.153 e. The van der Waals surface area contributed by atoms with Gasteiger partial charge in [-0.15, -0.1) is 12.6 Å². The second kappa shape index (κ2) is 2.75. The molecule has 0 saturated carbocycles. The van der Waals surface area contributed by atoms with Crippen LogP contribution >= 0.6 is 12.6 Å². The molecule has 0 bridgehead atoms. The molecule has 3 heteroatoms. The highest BCUT2D eigenvalue weighted by atomic mass is 32.1. The molecule has 1 rings (SSSR count). The third-order valence-corrected chi connectivity index (χ3v) is 1.42. The van der Waals surface area contributed by atoms with Crippen LogP contribution in [0.3, 0.4) is 0 Å². The largest absolute Gasteiger partial charge is 0.507 e. The molecule has 2 nitrogen and oxygen atoms in total. The molecule has 0 spiro atoms. The van der Waals surface area contributed by atoms with E-state index in [2.05, 4.69) is 12.6 Å². The van der Waals surface area contributed by atoms with E-state index in [1.54, 1.807) is 6.07 Å². The summed E-state index contributed by atoms with van der Waals surface area (Å²) in [4.78, 5) is 10.8. The van der Waals surface area contributed by atoms with Crippen LogP contribution in [-0.4, -0.2) is 11.4 Å². The lowest BCUT2D eigenvalue weighted by Gasteiger charge is -1.95. The molecule has 0 saturated heterocycles. The van der Waals surface area contributed by atoms with Crippen LogP contribution in [0.5, 0.6) is 5.75 Å². The first-order valence-electron chi connectivity index (χ1n) is 2.71. The predicted octanol–water partition coefficient (Wildman–Crippen LogP) is 1.49. The normalized spacial score (nSPS) is 9.30. The Hall–Kier alpha value is -0.960. The number of carbonyl (C=O) groups excluding carboxylic acids is 1. The summed E-state index contributed by atoms with van der Waals surface area (Å²) < 4.78 is 0. The average molecular weight is 154 g/mol. The van der Waals surface area contributed by atoms with Gasteiger partial charge in [0.25, 0.3) is 0 Å². The first-order chi connectivity index (χ1) is 4.74. The molecule has 52 valence electrons. The highest BCUT2D eigenvalue weighted by Gasteiger charge is 1.97. The summed E-state index contributed by atoms with van der Waals surface area (Å²) >= 11 is 3.96. The van der Waals surface area contributed by atoms with E-state index in [-0.39, 0.29) is 11.3 Å². The number of benzene rings is 1. The Labute approximate surface area is 63.9 Å². The highest BCUT2D eigenvalue weighted by molar-refractivity contribution is 7.80. The van der Waals surface area contributed by atoms with E-state index in [4.69, 9.17) is 5.11 Å². The molecule has 0 atom stereocenters. The third-order valence-electron chi connectivity index (χ3n) is 1.14. The van der Waals surface area contributed by atoms with Crippen molar-refractivity contribution in [2.24, 2.45) is 0 Å². The van der Waals surface area contributed by atoms with Crippen molar-refractivity contribution in [1.29, 1.82) is 0 Å². The summed E-state index contributed by atoms with van der Waals surface area (Å²) in [6, 6.07) is 4.59. The zero-order chi connectivity index (χ0) is 7.56. The molecular weight excluding hydrogens is 148 g/mol. The maximum atomic E-state index is 10.2. The second-order valence-electron chi connectivity index (χ2n) is 1.86. The Balaban J connectivity index is 3.19. The van der Waals surface area contributed by atoms with Crippen LogP contribution in [0.1, 0.15) is 10.4 Å². The van der Waals surface area contributed by atoms with E-state index in [0.29, 0.717) is 11.2 Å². The van der Waals surface area contributed by atoms with Crippen molar-refractivity contribution < 1.29 is 9.90 Å². The second-order valence-corrected chi connectivity index (χ2v) is 2.38. The standard InChI is InChI=1S/C7H6O2S/c8-4-5-1-2-6(10)3-7(5)9/h1-4,9-10H. The minimum absolute atomic E-state index is 0.0255. The number of hydrogen-bond donors (Lipinski definition) is 2. The van der Waals surface area contributed by atoms with Crippen molar-refractivity contribution in [3.05, 3.63) is 23.8 Å². The van der Waals surface area contributed by atoms with Crippen LogP contribution in [0.15, 0.2) is 23.1 Å². The Morgan fingerprint density at radius 1 is 1.50 bits per heavy atom. The first-order valence-corrected chi connectivity index (χ1v) is 3.16. The fourth-order valence-electron chi connectivity index (χ4n) is 0.632. The van der Waals surface area contributed by atoms with Crippen LogP contribution < -0.4 is 0 Å². The zero-order valence-electron chi connectivity index (χ0n) is 5.11. The van der Waals surface area contributed by atoms with Crippen LogP contribution in [0.4, 0.5) is 0 Å². The average Bonchev–Trinajstić information content (AvgIpc) is 1.88. The highest BCUT2D eigenvalue weighted by Crippen LogP contribution is 2.18. The number of aromatic hydroxyl groups is 1. The van der Waals surface area contributed by atoms with Gasteiger partial charge in [0, 0.05) is 4.90 Å². The number of hydrogen-bond acceptors (Lipinski definition) is 3. The molecule has 0 amide bonds. The Kier molecular flexibility index (Phi) is 1.97. The lowest BCUT2D eigenvalue weighted by Crippen LogP contribution is -1.79. The molecule has 0 aromatic heterocycles. The van der Waals surface area contributed by atoms with Crippen molar-refractivity contribution in [3.8, 4) is 5.75 Å². The molecule has 0 radical (unpaired) electrons. The van der Waals surface area contributed by atoms with Crippen molar-refractivity contribution in [3.63, 3.8) is 0 Å². The predicted molar refractivity (Wildman–Crippen MR) is 40.7 cm³/mol. The quantitative estimate of drug-likeness (QED) is 0.475. The molecule has 0 unspecified atom stereocenters. The van der Waals surface area contributed by atoms with Crippen LogP contribution in [0.25, 0.3) is 0 Å². The van der Waals surface area contributed by atoms with E-state index in [0.717, 1.165) is 0 Å². The molecule has 0 aliphatic carbocycles. The molecule has 1 aromatic carbocycles. The Morgan fingerprint density at radius 2 is 2.20 bits per heavy atom. The summed E-state index contributed by atoms with van der Waals surface area (Å²) in [5, 5.41) is 9.01. The minimum Gasteiger partial charge on any atom is -0.507 e. The number of thiol groups is 1.